The van der Waals surface area contributed by atoms with E-state index in [1.807, 2.05) is 7.05 Å². The van der Waals surface area contributed by atoms with Crippen LogP contribution in [0.2, 0.25) is 0 Å². The quantitative estimate of drug-likeness (QED) is 0.853. The molecule has 1 atom stereocenters. The van der Waals surface area contributed by atoms with E-state index in [2.05, 4.69) is 46.3 Å². The summed E-state index contributed by atoms with van der Waals surface area (Å²) in [6.07, 6.45) is 6.68. The third kappa shape index (κ3) is 4.66. The first-order chi connectivity index (χ1) is 14.0. The summed E-state index contributed by atoms with van der Waals surface area (Å²) >= 11 is 0. The van der Waals surface area contributed by atoms with Gasteiger partial charge < -0.3 is 10.2 Å². The van der Waals surface area contributed by atoms with E-state index in [0.717, 1.165) is 70.5 Å². The summed E-state index contributed by atoms with van der Waals surface area (Å²) in [6, 6.07) is 8.53. The normalized spacial score (nSPS) is 28.6. The monoisotopic (exact) mass is 397 g/mol. The molecular weight excluding hydrogens is 362 g/mol. The van der Waals surface area contributed by atoms with Crippen molar-refractivity contribution in [2.75, 3.05) is 20.1 Å². The molecule has 1 aliphatic carbocycles. The lowest BCUT2D eigenvalue weighted by Gasteiger charge is -2.37. The van der Waals surface area contributed by atoms with Crippen LogP contribution in [0.4, 0.5) is 0 Å². The highest BCUT2D eigenvalue weighted by molar-refractivity contribution is 5.83. The summed E-state index contributed by atoms with van der Waals surface area (Å²) in [6.45, 7) is 4.94. The number of benzene rings is 1. The van der Waals surface area contributed by atoms with E-state index in [-0.39, 0.29) is 23.9 Å². The molecular formula is C24H35N3O2. The van der Waals surface area contributed by atoms with Crippen LogP contribution in [0.15, 0.2) is 24.3 Å². The minimum Gasteiger partial charge on any atom is -0.352 e. The van der Waals surface area contributed by atoms with Crippen LogP contribution in [0.5, 0.6) is 0 Å². The number of nitrogens with zero attached hydrogens (tertiary/aromatic N) is 2. The van der Waals surface area contributed by atoms with E-state index in [9.17, 15) is 9.59 Å². The van der Waals surface area contributed by atoms with Crippen LogP contribution in [0, 0.1) is 11.8 Å². The minimum atomic E-state index is -0.0976. The van der Waals surface area contributed by atoms with Crippen molar-refractivity contribution >= 4 is 11.8 Å². The summed E-state index contributed by atoms with van der Waals surface area (Å²) in [5.41, 5.74) is 2.61. The highest BCUT2D eigenvalue weighted by Gasteiger charge is 2.34. The lowest BCUT2D eigenvalue weighted by molar-refractivity contribution is -0.138. The Kier molecular flexibility index (Phi) is 6.23. The Hall–Kier alpha value is -1.88. The van der Waals surface area contributed by atoms with Crippen molar-refractivity contribution in [2.45, 2.75) is 70.5 Å². The first-order valence-corrected chi connectivity index (χ1v) is 11.4. The molecule has 0 radical (unpaired) electrons. The van der Waals surface area contributed by atoms with Crippen molar-refractivity contribution in [3.05, 3.63) is 35.4 Å². The van der Waals surface area contributed by atoms with Crippen LogP contribution in [-0.2, 0) is 22.6 Å². The molecule has 2 fully saturated rings. The van der Waals surface area contributed by atoms with Crippen molar-refractivity contribution in [2.24, 2.45) is 11.8 Å². The fraction of sp³-hybridized carbons (Fsp3) is 0.667. The number of hydrogen-bond acceptors (Lipinski definition) is 3. The van der Waals surface area contributed by atoms with Gasteiger partial charge in [-0.05, 0) is 69.0 Å². The molecule has 1 N–H and O–H groups in total. The average Bonchev–Trinajstić information content (AvgIpc) is 2.74. The number of amides is 2. The average molecular weight is 398 g/mol. The molecule has 1 saturated carbocycles. The highest BCUT2D eigenvalue weighted by Crippen LogP contribution is 2.29. The second-order valence-electron chi connectivity index (χ2n) is 9.47. The Labute approximate surface area is 174 Å². The maximum atomic E-state index is 13.0. The van der Waals surface area contributed by atoms with Gasteiger partial charge in [0.2, 0.25) is 11.8 Å². The predicted molar refractivity (Wildman–Crippen MR) is 114 cm³/mol. The molecule has 5 nitrogen and oxygen atoms in total. The van der Waals surface area contributed by atoms with Gasteiger partial charge in [-0.15, -0.1) is 0 Å². The molecule has 29 heavy (non-hydrogen) atoms. The predicted octanol–water partition coefficient (Wildman–Crippen LogP) is 2.98. The SMILES string of the molecule is CC1CCN(C(=O)C2CCC(NC(=O)C3Cc4ccccc4CN3C)CC2)CC1. The lowest BCUT2D eigenvalue weighted by atomic mass is 9.84. The van der Waals surface area contributed by atoms with Crippen molar-refractivity contribution < 1.29 is 9.59 Å². The van der Waals surface area contributed by atoms with Gasteiger partial charge in [-0.2, -0.15) is 0 Å². The Balaban J connectivity index is 1.26. The number of carbonyl (C=O) groups excluding carboxylic acids is 2. The lowest BCUT2D eigenvalue weighted by Crippen LogP contribution is -2.52. The second kappa shape index (κ2) is 8.86. The van der Waals surface area contributed by atoms with Crippen LogP contribution in [-0.4, -0.2) is 53.8 Å². The number of carbonyl (C=O) groups is 2. The first-order valence-electron chi connectivity index (χ1n) is 11.4. The first kappa shape index (κ1) is 20.4. The van der Waals surface area contributed by atoms with E-state index in [4.69, 9.17) is 0 Å². The molecule has 1 unspecified atom stereocenters. The third-order valence-electron chi connectivity index (χ3n) is 7.30. The number of rotatable bonds is 3. The maximum Gasteiger partial charge on any atom is 0.237 e. The fourth-order valence-corrected chi connectivity index (χ4v) is 5.22. The molecule has 4 rings (SSSR count). The number of nitrogens with one attached hydrogen (secondary N) is 1. The molecule has 2 amide bonds. The number of likely N-dealkylation sites (N-methyl/N-ethyl adjacent to an activating group) is 1. The van der Waals surface area contributed by atoms with Crippen molar-refractivity contribution in [3.8, 4) is 0 Å². The molecule has 1 aromatic carbocycles. The topological polar surface area (TPSA) is 52.7 Å². The van der Waals surface area contributed by atoms with Gasteiger partial charge in [0.1, 0.15) is 0 Å². The molecule has 0 aromatic heterocycles. The fourth-order valence-electron chi connectivity index (χ4n) is 5.22. The molecule has 2 aliphatic heterocycles. The summed E-state index contributed by atoms with van der Waals surface area (Å²) in [5, 5.41) is 3.29. The molecule has 1 saturated heterocycles. The van der Waals surface area contributed by atoms with E-state index in [0.29, 0.717) is 5.91 Å². The third-order valence-corrected chi connectivity index (χ3v) is 7.30. The minimum absolute atomic E-state index is 0.0976. The standard InChI is InChI=1S/C24H35N3O2/c1-17-11-13-27(14-12-17)24(29)18-7-9-21(10-8-18)25-23(28)22-15-19-5-3-4-6-20(19)16-26(22)2/h3-6,17-18,21-22H,7-16H2,1-2H3,(H,25,28). The Morgan fingerprint density at radius 3 is 2.31 bits per heavy atom. The van der Waals surface area contributed by atoms with E-state index in [1.165, 1.54) is 11.1 Å². The number of piperidine rings is 1. The van der Waals surface area contributed by atoms with E-state index in [1.54, 1.807) is 0 Å². The van der Waals surface area contributed by atoms with Gasteiger partial charge in [0, 0.05) is 31.6 Å². The Bertz CT molecular complexity index is 733. The van der Waals surface area contributed by atoms with Gasteiger partial charge in [-0.1, -0.05) is 31.2 Å². The smallest absolute Gasteiger partial charge is 0.237 e. The largest absolute Gasteiger partial charge is 0.352 e. The van der Waals surface area contributed by atoms with Crippen LogP contribution < -0.4 is 5.32 Å². The van der Waals surface area contributed by atoms with E-state index < -0.39 is 0 Å². The molecule has 0 spiro atoms. The van der Waals surface area contributed by atoms with Gasteiger partial charge in [0.15, 0.2) is 0 Å². The zero-order chi connectivity index (χ0) is 20.4. The molecule has 3 aliphatic rings. The molecule has 5 heteroatoms. The second-order valence-corrected chi connectivity index (χ2v) is 9.47. The summed E-state index contributed by atoms with van der Waals surface area (Å²) in [4.78, 5) is 30.0. The van der Waals surface area contributed by atoms with Crippen molar-refractivity contribution in [1.82, 2.24) is 15.1 Å². The Morgan fingerprint density at radius 1 is 0.966 bits per heavy atom. The summed E-state index contributed by atoms with van der Waals surface area (Å²) in [7, 11) is 2.04. The zero-order valence-electron chi connectivity index (χ0n) is 17.9. The molecule has 2 heterocycles. The van der Waals surface area contributed by atoms with Crippen LogP contribution in [0.3, 0.4) is 0 Å². The highest BCUT2D eigenvalue weighted by atomic mass is 16.2. The van der Waals surface area contributed by atoms with Crippen molar-refractivity contribution in [1.29, 1.82) is 0 Å². The number of fused-ring (bicyclic) bond motifs is 1. The van der Waals surface area contributed by atoms with Crippen LogP contribution in [0.25, 0.3) is 0 Å². The summed E-state index contributed by atoms with van der Waals surface area (Å²) in [5.74, 6) is 1.39. The molecule has 158 valence electrons. The summed E-state index contributed by atoms with van der Waals surface area (Å²) < 4.78 is 0. The van der Waals surface area contributed by atoms with Gasteiger partial charge >= 0.3 is 0 Å². The molecule has 1 aromatic rings. The Morgan fingerprint density at radius 2 is 1.62 bits per heavy atom. The maximum absolute atomic E-state index is 13.0. The van der Waals surface area contributed by atoms with Gasteiger partial charge in [-0.25, -0.2) is 0 Å². The van der Waals surface area contributed by atoms with Crippen LogP contribution >= 0.6 is 0 Å². The number of hydrogen-bond donors (Lipinski definition) is 1. The van der Waals surface area contributed by atoms with E-state index >= 15 is 0 Å². The molecule has 0 bridgehead atoms. The number of likely N-dealkylation sites (tertiary alicyclic amines) is 1. The van der Waals surface area contributed by atoms with Gasteiger partial charge in [-0.3, -0.25) is 14.5 Å². The van der Waals surface area contributed by atoms with Crippen molar-refractivity contribution in [3.63, 3.8) is 0 Å². The van der Waals surface area contributed by atoms with Gasteiger partial charge in [0.05, 0.1) is 6.04 Å². The zero-order valence-corrected chi connectivity index (χ0v) is 17.9. The van der Waals surface area contributed by atoms with Gasteiger partial charge in [0.25, 0.3) is 0 Å². The van der Waals surface area contributed by atoms with Crippen LogP contribution in [0.1, 0.15) is 56.6 Å².